The molecule has 0 bridgehead atoms. The molecule has 0 aliphatic rings. The molecule has 158 valence electrons. The van der Waals surface area contributed by atoms with Gasteiger partial charge in [-0.1, -0.05) is 41.9 Å². The smallest absolute Gasteiger partial charge is 0.291 e. The van der Waals surface area contributed by atoms with Crippen molar-refractivity contribution in [2.45, 2.75) is 27.0 Å². The summed E-state index contributed by atoms with van der Waals surface area (Å²) in [6.07, 6.45) is 3.36. The van der Waals surface area contributed by atoms with Crippen molar-refractivity contribution in [1.82, 2.24) is 9.78 Å². The molecular formula is C24H22ClN3O3. The lowest BCUT2D eigenvalue weighted by molar-refractivity contribution is 0.0992. The predicted molar refractivity (Wildman–Crippen MR) is 120 cm³/mol. The number of carbonyl (C=O) groups is 1. The predicted octanol–water partition coefficient (Wildman–Crippen LogP) is 5.63. The van der Waals surface area contributed by atoms with Crippen molar-refractivity contribution >= 4 is 23.2 Å². The Balaban J connectivity index is 1.35. The lowest BCUT2D eigenvalue weighted by atomic mass is 10.1. The first-order valence-corrected chi connectivity index (χ1v) is 10.2. The van der Waals surface area contributed by atoms with Crippen molar-refractivity contribution in [3.05, 3.63) is 100 Å². The number of carbonyl (C=O) groups excluding carboxylic acids is 1. The number of aromatic nitrogens is 2. The summed E-state index contributed by atoms with van der Waals surface area (Å²) < 4.78 is 13.3. The molecule has 7 heteroatoms. The van der Waals surface area contributed by atoms with Crippen LogP contribution in [0.1, 0.15) is 33.0 Å². The summed E-state index contributed by atoms with van der Waals surface area (Å²) in [6.45, 7) is 4.82. The second-order valence-electron chi connectivity index (χ2n) is 7.28. The molecule has 0 saturated carbocycles. The van der Waals surface area contributed by atoms with Gasteiger partial charge in [0.15, 0.2) is 5.76 Å². The van der Waals surface area contributed by atoms with Crippen molar-refractivity contribution in [2.75, 3.05) is 5.32 Å². The maximum absolute atomic E-state index is 12.5. The van der Waals surface area contributed by atoms with Crippen LogP contribution in [0.4, 0.5) is 5.69 Å². The summed E-state index contributed by atoms with van der Waals surface area (Å²) >= 11 is 5.91. The molecule has 1 amide bonds. The summed E-state index contributed by atoms with van der Waals surface area (Å²) in [4.78, 5) is 12.5. The number of hydrogen-bond acceptors (Lipinski definition) is 4. The van der Waals surface area contributed by atoms with Gasteiger partial charge in [-0.2, -0.15) is 5.10 Å². The molecule has 0 unspecified atom stereocenters. The average Bonchev–Trinajstić information content (AvgIpc) is 3.39. The fourth-order valence-electron chi connectivity index (χ4n) is 3.23. The molecule has 2 aromatic carbocycles. The summed E-state index contributed by atoms with van der Waals surface area (Å²) in [7, 11) is 0. The zero-order valence-electron chi connectivity index (χ0n) is 17.3. The van der Waals surface area contributed by atoms with Crippen molar-refractivity contribution < 1.29 is 13.9 Å². The van der Waals surface area contributed by atoms with Crippen LogP contribution in [-0.2, 0) is 13.2 Å². The van der Waals surface area contributed by atoms with Gasteiger partial charge in [-0.3, -0.25) is 9.48 Å². The molecule has 2 aromatic heterocycles. The minimum atomic E-state index is -0.343. The van der Waals surface area contributed by atoms with E-state index in [4.69, 9.17) is 20.8 Å². The zero-order valence-corrected chi connectivity index (χ0v) is 18.0. The summed E-state index contributed by atoms with van der Waals surface area (Å²) in [5.74, 6) is 1.28. The molecule has 1 N–H and O–H groups in total. The number of amides is 1. The van der Waals surface area contributed by atoms with E-state index in [1.54, 1.807) is 29.2 Å². The first-order valence-electron chi connectivity index (χ1n) is 9.84. The molecule has 0 atom stereocenters. The van der Waals surface area contributed by atoms with E-state index < -0.39 is 0 Å². The number of furan rings is 1. The monoisotopic (exact) mass is 435 g/mol. The molecule has 6 nitrogen and oxygen atoms in total. The highest BCUT2D eigenvalue weighted by molar-refractivity contribution is 6.30. The van der Waals surface area contributed by atoms with Gasteiger partial charge in [-0.15, -0.1) is 0 Å². The fourth-order valence-corrected chi connectivity index (χ4v) is 3.36. The van der Waals surface area contributed by atoms with E-state index >= 15 is 0 Å². The third-order valence-electron chi connectivity index (χ3n) is 4.80. The minimum Gasteiger partial charge on any atom is -0.485 e. The van der Waals surface area contributed by atoms with E-state index in [0.29, 0.717) is 23.0 Å². The topological polar surface area (TPSA) is 69.3 Å². The highest BCUT2D eigenvalue weighted by atomic mass is 35.5. The Hall–Kier alpha value is -3.51. The summed E-state index contributed by atoms with van der Waals surface area (Å²) in [5, 5.41) is 7.77. The second kappa shape index (κ2) is 9.10. The SMILES string of the molecule is Cc1cccc(C)c1OCc1ccc(C(=O)Nc2cnn(Cc3ccc(Cl)cc3)c2)o1. The van der Waals surface area contributed by atoms with Gasteiger partial charge in [-0.05, 0) is 54.8 Å². The number of benzene rings is 2. The number of para-hydroxylation sites is 1. The van der Waals surface area contributed by atoms with Gasteiger partial charge in [0.2, 0.25) is 0 Å². The molecule has 0 aliphatic carbocycles. The van der Waals surface area contributed by atoms with E-state index in [2.05, 4.69) is 10.4 Å². The maximum Gasteiger partial charge on any atom is 0.291 e. The number of anilines is 1. The van der Waals surface area contributed by atoms with E-state index in [9.17, 15) is 4.79 Å². The third-order valence-corrected chi connectivity index (χ3v) is 5.05. The van der Waals surface area contributed by atoms with Gasteiger partial charge in [0, 0.05) is 11.2 Å². The molecule has 0 fully saturated rings. The molecule has 0 aliphatic heterocycles. The molecule has 4 rings (SSSR count). The summed E-state index contributed by atoms with van der Waals surface area (Å²) in [6, 6.07) is 16.9. The Labute approximate surface area is 185 Å². The van der Waals surface area contributed by atoms with Crippen LogP contribution in [-0.4, -0.2) is 15.7 Å². The van der Waals surface area contributed by atoms with Gasteiger partial charge in [0.1, 0.15) is 18.1 Å². The van der Waals surface area contributed by atoms with Gasteiger partial charge in [-0.25, -0.2) is 0 Å². The standard InChI is InChI=1S/C24H22ClN3O3/c1-16-4-3-5-17(2)23(16)30-15-21-10-11-22(31-21)24(29)27-20-12-26-28(14-20)13-18-6-8-19(25)9-7-18/h3-12,14H,13,15H2,1-2H3,(H,27,29). The highest BCUT2D eigenvalue weighted by Gasteiger charge is 2.14. The molecule has 0 saturated heterocycles. The van der Waals surface area contributed by atoms with Crippen LogP contribution in [0.2, 0.25) is 5.02 Å². The number of ether oxygens (including phenoxy) is 1. The number of halogens is 1. The largest absolute Gasteiger partial charge is 0.485 e. The van der Waals surface area contributed by atoms with Crippen LogP contribution in [0.25, 0.3) is 0 Å². The first-order chi connectivity index (χ1) is 15.0. The van der Waals surface area contributed by atoms with Crippen LogP contribution in [0.15, 0.2) is 71.4 Å². The quantitative estimate of drug-likeness (QED) is 0.408. The van der Waals surface area contributed by atoms with Crippen molar-refractivity contribution in [3.63, 3.8) is 0 Å². The Morgan fingerprint density at radius 2 is 1.84 bits per heavy atom. The number of aryl methyl sites for hydroxylation is 2. The van der Waals surface area contributed by atoms with Crippen LogP contribution in [0.5, 0.6) is 5.75 Å². The molecule has 4 aromatic rings. The van der Waals surface area contributed by atoms with Gasteiger partial charge in [0.25, 0.3) is 5.91 Å². The van der Waals surface area contributed by atoms with Gasteiger partial charge >= 0.3 is 0 Å². The second-order valence-corrected chi connectivity index (χ2v) is 7.72. The normalized spacial score (nSPS) is 10.8. The molecule has 0 radical (unpaired) electrons. The number of rotatable bonds is 7. The average molecular weight is 436 g/mol. The fraction of sp³-hybridized carbons (Fsp3) is 0.167. The highest BCUT2D eigenvalue weighted by Crippen LogP contribution is 2.24. The Morgan fingerprint density at radius 3 is 2.58 bits per heavy atom. The van der Waals surface area contributed by atoms with Crippen LogP contribution < -0.4 is 10.1 Å². The van der Waals surface area contributed by atoms with E-state index in [1.807, 2.05) is 56.3 Å². The lowest BCUT2D eigenvalue weighted by Crippen LogP contribution is -2.10. The third kappa shape index (κ3) is 5.16. The Bertz CT molecular complexity index is 1170. The molecular weight excluding hydrogens is 414 g/mol. The number of hydrogen-bond donors (Lipinski definition) is 1. The summed E-state index contributed by atoms with van der Waals surface area (Å²) in [5.41, 5.74) is 3.76. The molecule has 2 heterocycles. The van der Waals surface area contributed by atoms with E-state index in [0.717, 1.165) is 22.4 Å². The van der Waals surface area contributed by atoms with Crippen molar-refractivity contribution in [2.24, 2.45) is 0 Å². The maximum atomic E-state index is 12.5. The van der Waals surface area contributed by atoms with Crippen molar-refractivity contribution in [1.29, 1.82) is 0 Å². The van der Waals surface area contributed by atoms with Crippen molar-refractivity contribution in [3.8, 4) is 5.75 Å². The Morgan fingerprint density at radius 1 is 1.10 bits per heavy atom. The first kappa shape index (κ1) is 20.8. The zero-order chi connectivity index (χ0) is 21.8. The van der Waals surface area contributed by atoms with Crippen LogP contribution >= 0.6 is 11.6 Å². The van der Waals surface area contributed by atoms with E-state index in [1.165, 1.54) is 0 Å². The van der Waals surface area contributed by atoms with Gasteiger partial charge < -0.3 is 14.5 Å². The Kier molecular flexibility index (Phi) is 6.09. The minimum absolute atomic E-state index is 0.213. The number of nitrogens with zero attached hydrogens (tertiary/aromatic N) is 2. The number of nitrogens with one attached hydrogen (secondary N) is 1. The lowest BCUT2D eigenvalue weighted by Gasteiger charge is -2.10. The molecule has 31 heavy (non-hydrogen) atoms. The van der Waals surface area contributed by atoms with Gasteiger partial charge in [0.05, 0.1) is 18.4 Å². The molecule has 0 spiro atoms. The van der Waals surface area contributed by atoms with Crippen LogP contribution in [0.3, 0.4) is 0 Å². The van der Waals surface area contributed by atoms with E-state index in [-0.39, 0.29) is 18.3 Å². The van der Waals surface area contributed by atoms with Crippen LogP contribution in [0, 0.1) is 13.8 Å².